The molecular weight excluding hydrogens is 315 g/mol. The summed E-state index contributed by atoms with van der Waals surface area (Å²) < 4.78 is 10.4. The van der Waals surface area contributed by atoms with E-state index in [1.54, 1.807) is 19.1 Å². The Labute approximate surface area is 131 Å². The predicted molar refractivity (Wildman–Crippen MR) is 77.8 cm³/mol. The van der Waals surface area contributed by atoms with Gasteiger partial charge in [0.15, 0.2) is 0 Å². The highest BCUT2D eigenvalue weighted by atomic mass is 35.5. The first-order valence-corrected chi connectivity index (χ1v) is 7.12. The highest BCUT2D eigenvalue weighted by molar-refractivity contribution is 6.43. The van der Waals surface area contributed by atoms with E-state index in [0.717, 1.165) is 5.56 Å². The highest BCUT2D eigenvalue weighted by Gasteiger charge is 2.28. The van der Waals surface area contributed by atoms with E-state index >= 15 is 0 Å². The second-order valence-electron chi connectivity index (χ2n) is 4.82. The number of aryl methyl sites for hydroxylation is 1. The van der Waals surface area contributed by atoms with Gasteiger partial charge in [-0.3, -0.25) is 4.79 Å². The number of halogens is 2. The van der Waals surface area contributed by atoms with Gasteiger partial charge in [0.1, 0.15) is 23.1 Å². The van der Waals surface area contributed by atoms with Gasteiger partial charge in [0, 0.05) is 11.6 Å². The van der Waals surface area contributed by atoms with Crippen LogP contribution in [0.3, 0.4) is 0 Å². The van der Waals surface area contributed by atoms with Crippen molar-refractivity contribution in [3.05, 3.63) is 45.3 Å². The zero-order valence-corrected chi connectivity index (χ0v) is 12.7. The van der Waals surface area contributed by atoms with E-state index in [4.69, 9.17) is 32.5 Å². The van der Waals surface area contributed by atoms with Gasteiger partial charge in [0.05, 0.1) is 23.2 Å². The number of nitrogens with zero attached hydrogens (tertiary/aromatic N) is 1. The number of benzene rings is 1. The molecule has 0 aliphatic carbocycles. The third kappa shape index (κ3) is 2.84. The van der Waals surface area contributed by atoms with Crippen LogP contribution in [0.2, 0.25) is 10.0 Å². The second kappa shape index (κ2) is 5.58. The van der Waals surface area contributed by atoms with Crippen molar-refractivity contribution in [1.82, 2.24) is 10.5 Å². The Bertz CT molecular complexity index is 700. The van der Waals surface area contributed by atoms with Gasteiger partial charge in [0.25, 0.3) is 0 Å². The average molecular weight is 327 g/mol. The van der Waals surface area contributed by atoms with E-state index in [1.165, 1.54) is 0 Å². The van der Waals surface area contributed by atoms with E-state index in [9.17, 15) is 4.79 Å². The summed E-state index contributed by atoms with van der Waals surface area (Å²) in [4.78, 5) is 12.0. The molecule has 1 unspecified atom stereocenters. The average Bonchev–Trinajstić information content (AvgIpc) is 3.01. The SMILES string of the molecule is Cc1cc(CC(=O)NC2COc3c2ccc(Cl)c3Cl)no1. The standard InChI is InChI=1S/C14H12Cl2N2O3/c1-7-4-8(18-21-7)5-12(19)17-11-6-20-14-9(11)2-3-10(15)13(14)16/h2-4,11H,5-6H2,1H3,(H,17,19). The summed E-state index contributed by atoms with van der Waals surface area (Å²) in [7, 11) is 0. The van der Waals surface area contributed by atoms with E-state index in [2.05, 4.69) is 10.5 Å². The fourth-order valence-corrected chi connectivity index (χ4v) is 2.63. The summed E-state index contributed by atoms with van der Waals surface area (Å²) >= 11 is 12.0. The van der Waals surface area contributed by atoms with Crippen molar-refractivity contribution in [2.24, 2.45) is 0 Å². The lowest BCUT2D eigenvalue weighted by molar-refractivity contribution is -0.121. The van der Waals surface area contributed by atoms with Crippen LogP contribution in [-0.4, -0.2) is 17.7 Å². The molecule has 1 aromatic heterocycles. The minimum Gasteiger partial charge on any atom is -0.489 e. The fourth-order valence-electron chi connectivity index (χ4n) is 2.26. The topological polar surface area (TPSA) is 64.4 Å². The van der Waals surface area contributed by atoms with Crippen molar-refractivity contribution in [3.63, 3.8) is 0 Å². The summed E-state index contributed by atoms with van der Waals surface area (Å²) in [5, 5.41) is 7.49. The van der Waals surface area contributed by atoms with Crippen LogP contribution in [0.4, 0.5) is 0 Å². The molecular formula is C14H12Cl2N2O3. The number of amides is 1. The van der Waals surface area contributed by atoms with Crippen LogP contribution >= 0.6 is 23.2 Å². The van der Waals surface area contributed by atoms with Crippen LogP contribution in [0, 0.1) is 6.92 Å². The molecule has 1 atom stereocenters. The molecule has 0 bridgehead atoms. The van der Waals surface area contributed by atoms with Crippen LogP contribution in [0.25, 0.3) is 0 Å². The molecule has 1 aliphatic rings. The molecule has 21 heavy (non-hydrogen) atoms. The molecule has 0 saturated heterocycles. The fraction of sp³-hybridized carbons (Fsp3) is 0.286. The zero-order valence-electron chi connectivity index (χ0n) is 11.2. The van der Waals surface area contributed by atoms with Gasteiger partial charge in [-0.25, -0.2) is 0 Å². The molecule has 5 nitrogen and oxygen atoms in total. The molecule has 110 valence electrons. The first kappa shape index (κ1) is 14.2. The van der Waals surface area contributed by atoms with Gasteiger partial charge in [-0.05, 0) is 13.0 Å². The first-order chi connectivity index (χ1) is 10.0. The number of carbonyl (C=O) groups excluding carboxylic acids is 1. The van der Waals surface area contributed by atoms with E-state index in [0.29, 0.717) is 33.9 Å². The molecule has 3 rings (SSSR count). The smallest absolute Gasteiger partial charge is 0.226 e. The van der Waals surface area contributed by atoms with Crippen molar-refractivity contribution in [3.8, 4) is 5.75 Å². The predicted octanol–water partition coefficient (Wildman–Crippen LogP) is 3.08. The van der Waals surface area contributed by atoms with Crippen LogP contribution < -0.4 is 10.1 Å². The lowest BCUT2D eigenvalue weighted by atomic mass is 10.1. The van der Waals surface area contributed by atoms with E-state index in [1.807, 2.05) is 6.07 Å². The molecule has 0 fully saturated rings. The Morgan fingerprint density at radius 3 is 3.00 bits per heavy atom. The summed E-state index contributed by atoms with van der Waals surface area (Å²) in [6.45, 7) is 2.11. The Morgan fingerprint density at radius 1 is 1.48 bits per heavy atom. The van der Waals surface area contributed by atoms with Gasteiger partial charge in [-0.15, -0.1) is 0 Å². The Morgan fingerprint density at radius 2 is 2.29 bits per heavy atom. The lowest BCUT2D eigenvalue weighted by Crippen LogP contribution is -2.30. The summed E-state index contributed by atoms with van der Waals surface area (Å²) in [5.74, 6) is 1.05. The number of rotatable bonds is 3. The zero-order chi connectivity index (χ0) is 15.0. The van der Waals surface area contributed by atoms with Crippen LogP contribution in [0.1, 0.15) is 23.1 Å². The maximum Gasteiger partial charge on any atom is 0.226 e. The molecule has 1 amide bonds. The number of aromatic nitrogens is 1. The number of carbonyl (C=O) groups is 1. The summed E-state index contributed by atoms with van der Waals surface area (Å²) in [6, 6.07) is 4.99. The number of nitrogens with one attached hydrogen (secondary N) is 1. The quantitative estimate of drug-likeness (QED) is 0.941. The molecule has 1 aromatic carbocycles. The number of fused-ring (bicyclic) bond motifs is 1. The number of ether oxygens (including phenoxy) is 1. The van der Waals surface area contributed by atoms with Crippen molar-refractivity contribution >= 4 is 29.1 Å². The molecule has 0 radical (unpaired) electrons. The minimum atomic E-state index is -0.240. The van der Waals surface area contributed by atoms with Gasteiger partial charge in [-0.2, -0.15) is 0 Å². The molecule has 1 N–H and O–H groups in total. The monoisotopic (exact) mass is 326 g/mol. The van der Waals surface area contributed by atoms with Crippen molar-refractivity contribution in [2.45, 2.75) is 19.4 Å². The summed E-state index contributed by atoms with van der Waals surface area (Å²) in [5.41, 5.74) is 1.42. The van der Waals surface area contributed by atoms with Crippen LogP contribution in [0.15, 0.2) is 22.7 Å². The van der Waals surface area contributed by atoms with Crippen molar-refractivity contribution < 1.29 is 14.1 Å². The van der Waals surface area contributed by atoms with Crippen LogP contribution in [0.5, 0.6) is 5.75 Å². The van der Waals surface area contributed by atoms with E-state index in [-0.39, 0.29) is 18.4 Å². The Balaban J connectivity index is 1.70. The molecule has 2 heterocycles. The first-order valence-electron chi connectivity index (χ1n) is 6.37. The van der Waals surface area contributed by atoms with Gasteiger partial charge in [0.2, 0.25) is 5.91 Å². The molecule has 1 aliphatic heterocycles. The number of hydrogen-bond acceptors (Lipinski definition) is 4. The maximum atomic E-state index is 12.0. The molecule has 0 saturated carbocycles. The van der Waals surface area contributed by atoms with Crippen molar-refractivity contribution in [1.29, 1.82) is 0 Å². The highest BCUT2D eigenvalue weighted by Crippen LogP contribution is 2.42. The Kier molecular flexibility index (Phi) is 3.78. The number of hydrogen-bond donors (Lipinski definition) is 1. The summed E-state index contributed by atoms with van der Waals surface area (Å²) in [6.07, 6.45) is 0.157. The lowest BCUT2D eigenvalue weighted by Gasteiger charge is -2.11. The second-order valence-corrected chi connectivity index (χ2v) is 5.60. The van der Waals surface area contributed by atoms with Gasteiger partial charge in [-0.1, -0.05) is 34.4 Å². The van der Waals surface area contributed by atoms with E-state index < -0.39 is 0 Å². The largest absolute Gasteiger partial charge is 0.489 e. The third-order valence-corrected chi connectivity index (χ3v) is 3.99. The minimum absolute atomic E-state index is 0.157. The molecule has 2 aromatic rings. The van der Waals surface area contributed by atoms with Crippen molar-refractivity contribution in [2.75, 3.05) is 6.61 Å². The van der Waals surface area contributed by atoms with Gasteiger partial charge < -0.3 is 14.6 Å². The molecule has 7 heteroatoms. The Hall–Kier alpha value is -1.72. The normalized spacial score (nSPS) is 16.4. The van der Waals surface area contributed by atoms with Gasteiger partial charge >= 0.3 is 0 Å². The maximum absolute atomic E-state index is 12.0. The molecule has 0 spiro atoms. The van der Waals surface area contributed by atoms with Crippen LogP contribution in [-0.2, 0) is 11.2 Å². The third-order valence-electron chi connectivity index (χ3n) is 3.20.